The number of benzene rings is 1. The summed E-state index contributed by atoms with van der Waals surface area (Å²) in [6.07, 6.45) is 2.08. The van der Waals surface area contributed by atoms with E-state index in [9.17, 15) is 4.39 Å². The van der Waals surface area contributed by atoms with Crippen molar-refractivity contribution in [3.63, 3.8) is 0 Å². The Hall–Kier alpha value is -0.770. The summed E-state index contributed by atoms with van der Waals surface area (Å²) in [4.78, 5) is 0. The van der Waals surface area contributed by atoms with Gasteiger partial charge in [0.1, 0.15) is 5.82 Å². The van der Waals surface area contributed by atoms with Crippen LogP contribution in [0.5, 0.6) is 5.75 Å². The SMILES string of the molecule is CC(C)CCCOc1c(N)cc(F)cc1Br. The van der Waals surface area contributed by atoms with Crippen LogP contribution in [0.1, 0.15) is 26.7 Å². The molecule has 0 heterocycles. The lowest BCUT2D eigenvalue weighted by Crippen LogP contribution is -2.03. The van der Waals surface area contributed by atoms with Crippen molar-refractivity contribution in [1.29, 1.82) is 0 Å². The van der Waals surface area contributed by atoms with E-state index in [1.165, 1.54) is 12.1 Å². The molecule has 0 atom stereocenters. The van der Waals surface area contributed by atoms with Gasteiger partial charge in [-0.1, -0.05) is 13.8 Å². The average Bonchev–Trinajstić information content (AvgIpc) is 2.14. The van der Waals surface area contributed by atoms with Gasteiger partial charge in [-0.15, -0.1) is 0 Å². The van der Waals surface area contributed by atoms with Crippen molar-refractivity contribution in [2.24, 2.45) is 5.92 Å². The smallest absolute Gasteiger partial charge is 0.156 e. The van der Waals surface area contributed by atoms with E-state index in [4.69, 9.17) is 10.5 Å². The second kappa shape index (κ2) is 6.09. The van der Waals surface area contributed by atoms with Crippen molar-refractivity contribution >= 4 is 21.6 Å². The first-order chi connectivity index (χ1) is 7.50. The maximum Gasteiger partial charge on any atom is 0.156 e. The predicted molar refractivity (Wildman–Crippen MR) is 68.1 cm³/mol. The van der Waals surface area contributed by atoms with E-state index in [2.05, 4.69) is 29.8 Å². The van der Waals surface area contributed by atoms with E-state index in [0.29, 0.717) is 28.4 Å². The van der Waals surface area contributed by atoms with E-state index >= 15 is 0 Å². The van der Waals surface area contributed by atoms with Gasteiger partial charge in [0.05, 0.1) is 16.8 Å². The highest BCUT2D eigenvalue weighted by molar-refractivity contribution is 9.10. The number of anilines is 1. The van der Waals surface area contributed by atoms with Crippen LogP contribution in [0.25, 0.3) is 0 Å². The van der Waals surface area contributed by atoms with Crippen molar-refractivity contribution in [3.8, 4) is 5.75 Å². The first-order valence-corrected chi connectivity index (χ1v) is 6.17. The number of hydrogen-bond acceptors (Lipinski definition) is 2. The van der Waals surface area contributed by atoms with Crippen molar-refractivity contribution in [2.75, 3.05) is 12.3 Å². The molecule has 16 heavy (non-hydrogen) atoms. The first kappa shape index (κ1) is 13.3. The summed E-state index contributed by atoms with van der Waals surface area (Å²) >= 11 is 3.23. The van der Waals surface area contributed by atoms with Crippen LogP contribution in [0.3, 0.4) is 0 Å². The van der Waals surface area contributed by atoms with Gasteiger partial charge in [-0.05, 0) is 40.8 Å². The first-order valence-electron chi connectivity index (χ1n) is 5.38. The lowest BCUT2D eigenvalue weighted by molar-refractivity contribution is 0.297. The van der Waals surface area contributed by atoms with Gasteiger partial charge in [0.25, 0.3) is 0 Å². The minimum atomic E-state index is -0.362. The molecular weight excluding hydrogens is 273 g/mol. The number of halogens is 2. The van der Waals surface area contributed by atoms with E-state index in [-0.39, 0.29) is 5.82 Å². The molecule has 0 aliphatic heterocycles. The fourth-order valence-electron chi connectivity index (χ4n) is 1.40. The predicted octanol–water partition coefficient (Wildman–Crippen LogP) is 3.99. The zero-order valence-electron chi connectivity index (χ0n) is 9.59. The molecule has 0 aliphatic carbocycles. The molecule has 0 spiro atoms. The summed E-state index contributed by atoms with van der Waals surface area (Å²) in [5, 5.41) is 0. The molecule has 0 aliphatic rings. The molecule has 1 aromatic rings. The summed E-state index contributed by atoms with van der Waals surface area (Å²) in [6, 6.07) is 2.62. The van der Waals surface area contributed by atoms with E-state index in [0.717, 1.165) is 12.8 Å². The van der Waals surface area contributed by atoms with Gasteiger partial charge >= 0.3 is 0 Å². The molecule has 90 valence electrons. The summed E-state index contributed by atoms with van der Waals surface area (Å²) in [7, 11) is 0. The Kier molecular flexibility index (Phi) is 5.06. The summed E-state index contributed by atoms with van der Waals surface area (Å²) in [5.74, 6) is 0.835. The van der Waals surface area contributed by atoms with Crippen LogP contribution >= 0.6 is 15.9 Å². The maximum atomic E-state index is 12.9. The second-order valence-electron chi connectivity index (χ2n) is 4.19. The van der Waals surface area contributed by atoms with Gasteiger partial charge in [0.15, 0.2) is 5.75 Å². The van der Waals surface area contributed by atoms with Gasteiger partial charge < -0.3 is 10.5 Å². The fraction of sp³-hybridized carbons (Fsp3) is 0.500. The molecule has 0 bridgehead atoms. The third-order valence-corrected chi connectivity index (χ3v) is 2.80. The van der Waals surface area contributed by atoms with Gasteiger partial charge in [-0.3, -0.25) is 0 Å². The van der Waals surface area contributed by atoms with Gasteiger partial charge in [0.2, 0.25) is 0 Å². The van der Waals surface area contributed by atoms with Crippen LogP contribution in [0.2, 0.25) is 0 Å². The quantitative estimate of drug-likeness (QED) is 0.657. The van der Waals surface area contributed by atoms with Crippen LogP contribution in [-0.4, -0.2) is 6.61 Å². The van der Waals surface area contributed by atoms with E-state index in [1.54, 1.807) is 0 Å². The number of hydrogen-bond donors (Lipinski definition) is 1. The highest BCUT2D eigenvalue weighted by Crippen LogP contribution is 2.32. The van der Waals surface area contributed by atoms with Gasteiger partial charge in [0, 0.05) is 6.07 Å². The van der Waals surface area contributed by atoms with Crippen molar-refractivity contribution in [2.45, 2.75) is 26.7 Å². The summed E-state index contributed by atoms with van der Waals surface area (Å²) < 4.78 is 19.0. The van der Waals surface area contributed by atoms with Crippen molar-refractivity contribution < 1.29 is 9.13 Å². The Balaban J connectivity index is 2.54. The van der Waals surface area contributed by atoms with E-state index < -0.39 is 0 Å². The molecule has 0 amide bonds. The normalized spacial score (nSPS) is 10.8. The number of nitrogens with two attached hydrogens (primary N) is 1. The van der Waals surface area contributed by atoms with Crippen LogP contribution < -0.4 is 10.5 Å². The van der Waals surface area contributed by atoms with Crippen molar-refractivity contribution in [1.82, 2.24) is 0 Å². The van der Waals surface area contributed by atoms with Crippen LogP contribution in [0.4, 0.5) is 10.1 Å². The molecule has 0 unspecified atom stereocenters. The minimum absolute atomic E-state index is 0.330. The summed E-state index contributed by atoms with van der Waals surface area (Å²) in [6.45, 7) is 4.94. The second-order valence-corrected chi connectivity index (χ2v) is 5.04. The number of rotatable bonds is 5. The number of nitrogen functional groups attached to an aromatic ring is 1. The Bertz CT molecular complexity index is 332. The van der Waals surface area contributed by atoms with Gasteiger partial charge in [-0.2, -0.15) is 0 Å². The molecular formula is C12H17BrFNO. The van der Waals surface area contributed by atoms with Crippen LogP contribution in [0, 0.1) is 11.7 Å². The van der Waals surface area contributed by atoms with Crippen LogP contribution in [-0.2, 0) is 0 Å². The maximum absolute atomic E-state index is 12.9. The molecule has 1 aromatic carbocycles. The lowest BCUT2D eigenvalue weighted by Gasteiger charge is -2.11. The highest BCUT2D eigenvalue weighted by atomic mass is 79.9. The van der Waals surface area contributed by atoms with Gasteiger partial charge in [-0.25, -0.2) is 4.39 Å². The molecule has 2 N–H and O–H groups in total. The highest BCUT2D eigenvalue weighted by Gasteiger charge is 2.08. The average molecular weight is 290 g/mol. The molecule has 0 aromatic heterocycles. The molecule has 0 radical (unpaired) electrons. The molecule has 0 saturated heterocycles. The third-order valence-electron chi connectivity index (χ3n) is 2.21. The molecule has 0 fully saturated rings. The lowest BCUT2D eigenvalue weighted by atomic mass is 10.1. The van der Waals surface area contributed by atoms with Crippen LogP contribution in [0.15, 0.2) is 16.6 Å². The summed E-state index contributed by atoms with van der Waals surface area (Å²) in [5.41, 5.74) is 6.00. The topological polar surface area (TPSA) is 35.2 Å². The van der Waals surface area contributed by atoms with E-state index in [1.807, 2.05) is 0 Å². The minimum Gasteiger partial charge on any atom is -0.490 e. The fourth-order valence-corrected chi connectivity index (χ4v) is 1.96. The largest absolute Gasteiger partial charge is 0.490 e. The standard InChI is InChI=1S/C12H17BrFNO/c1-8(2)4-3-5-16-12-10(13)6-9(14)7-11(12)15/h6-8H,3-5,15H2,1-2H3. The monoisotopic (exact) mass is 289 g/mol. The third kappa shape index (κ3) is 4.00. The Morgan fingerprint density at radius 2 is 2.12 bits per heavy atom. The Morgan fingerprint density at radius 1 is 1.44 bits per heavy atom. The molecule has 2 nitrogen and oxygen atoms in total. The Morgan fingerprint density at radius 3 is 2.69 bits per heavy atom. The molecule has 0 saturated carbocycles. The zero-order chi connectivity index (χ0) is 12.1. The zero-order valence-corrected chi connectivity index (χ0v) is 11.2. The van der Waals surface area contributed by atoms with Crippen molar-refractivity contribution in [3.05, 3.63) is 22.4 Å². The number of ether oxygens (including phenoxy) is 1. The molecule has 4 heteroatoms. The Labute approximate surface area is 104 Å². The molecule has 1 rings (SSSR count).